The molecule has 1 aliphatic heterocycles. The van der Waals surface area contributed by atoms with Gasteiger partial charge in [-0.3, -0.25) is 4.79 Å². The van der Waals surface area contributed by atoms with E-state index >= 15 is 0 Å². The molecule has 4 N–H and O–H groups in total. The Kier molecular flexibility index (Phi) is 3.52. The van der Waals surface area contributed by atoms with E-state index in [-0.39, 0.29) is 18.4 Å². The third kappa shape index (κ3) is 2.84. The molecule has 0 unspecified atom stereocenters. The van der Waals surface area contributed by atoms with Crippen molar-refractivity contribution in [1.82, 2.24) is 15.3 Å². The van der Waals surface area contributed by atoms with Crippen LogP contribution in [0.5, 0.6) is 11.5 Å². The average Bonchev–Trinajstić information content (AvgIpc) is 3.00. The lowest BCUT2D eigenvalue weighted by Crippen LogP contribution is -2.24. The molecule has 0 atom stereocenters. The summed E-state index contributed by atoms with van der Waals surface area (Å²) in [6, 6.07) is 5.50. The predicted octanol–water partition coefficient (Wildman–Crippen LogP) is 0.421. The number of fused-ring (bicyclic) bond motifs is 1. The summed E-state index contributed by atoms with van der Waals surface area (Å²) in [6.45, 7) is 0.580. The van der Waals surface area contributed by atoms with Gasteiger partial charge in [0.15, 0.2) is 17.3 Å². The lowest BCUT2D eigenvalue weighted by atomic mass is 10.2. The van der Waals surface area contributed by atoms with Gasteiger partial charge in [0, 0.05) is 6.54 Å². The van der Waals surface area contributed by atoms with Gasteiger partial charge in [-0.1, -0.05) is 6.07 Å². The van der Waals surface area contributed by atoms with E-state index in [9.17, 15) is 4.79 Å². The average molecular weight is 287 g/mol. The van der Waals surface area contributed by atoms with E-state index in [0.717, 1.165) is 5.56 Å². The highest BCUT2D eigenvalue weighted by Crippen LogP contribution is 2.32. The quantitative estimate of drug-likeness (QED) is 0.552. The summed E-state index contributed by atoms with van der Waals surface area (Å²) in [5, 5.41) is 2.75. The SMILES string of the molecule is NNc1cnc(C(=O)NCc2ccc3c(c2)OCO3)cn1. The van der Waals surface area contributed by atoms with Crippen molar-refractivity contribution in [3.8, 4) is 11.5 Å². The van der Waals surface area contributed by atoms with Gasteiger partial charge < -0.3 is 20.2 Å². The van der Waals surface area contributed by atoms with Crippen LogP contribution in [0.4, 0.5) is 5.82 Å². The van der Waals surface area contributed by atoms with Crippen molar-refractivity contribution >= 4 is 11.7 Å². The number of hydrogen-bond acceptors (Lipinski definition) is 7. The predicted molar refractivity (Wildman–Crippen MR) is 73.6 cm³/mol. The van der Waals surface area contributed by atoms with Crippen LogP contribution in [0.3, 0.4) is 0 Å². The zero-order valence-corrected chi connectivity index (χ0v) is 11.0. The second-order valence-electron chi connectivity index (χ2n) is 4.30. The summed E-state index contributed by atoms with van der Waals surface area (Å²) >= 11 is 0. The first-order valence-corrected chi connectivity index (χ1v) is 6.21. The lowest BCUT2D eigenvalue weighted by molar-refractivity contribution is 0.0945. The van der Waals surface area contributed by atoms with Crippen molar-refractivity contribution < 1.29 is 14.3 Å². The van der Waals surface area contributed by atoms with E-state index in [2.05, 4.69) is 20.7 Å². The second-order valence-corrected chi connectivity index (χ2v) is 4.30. The number of hydrazine groups is 1. The Morgan fingerprint density at radius 1 is 1.24 bits per heavy atom. The van der Waals surface area contributed by atoms with Gasteiger partial charge >= 0.3 is 0 Å². The standard InChI is InChI=1S/C13H13N5O3/c14-18-12-6-15-9(5-16-12)13(19)17-4-8-1-2-10-11(3-8)21-7-20-10/h1-3,5-6H,4,7,14H2,(H,16,18)(H,17,19). The molecule has 0 aliphatic carbocycles. The maximum Gasteiger partial charge on any atom is 0.271 e. The van der Waals surface area contributed by atoms with Crippen molar-refractivity contribution in [2.24, 2.45) is 5.84 Å². The molecular formula is C13H13N5O3. The molecule has 0 bridgehead atoms. The van der Waals surface area contributed by atoms with Crippen LogP contribution in [0, 0.1) is 0 Å². The number of aromatic nitrogens is 2. The molecule has 0 spiro atoms. The number of ether oxygens (including phenoxy) is 2. The minimum Gasteiger partial charge on any atom is -0.454 e. The molecule has 0 saturated heterocycles. The first kappa shape index (κ1) is 13.1. The van der Waals surface area contributed by atoms with E-state index < -0.39 is 0 Å². The number of nitrogens with two attached hydrogens (primary N) is 1. The minimum absolute atomic E-state index is 0.217. The molecule has 1 aromatic heterocycles. The zero-order chi connectivity index (χ0) is 14.7. The van der Waals surface area contributed by atoms with Crippen molar-refractivity contribution in [2.75, 3.05) is 12.2 Å². The van der Waals surface area contributed by atoms with Gasteiger partial charge in [0.05, 0.1) is 12.4 Å². The summed E-state index contributed by atoms with van der Waals surface area (Å²) in [6.07, 6.45) is 2.74. The van der Waals surface area contributed by atoms with Gasteiger partial charge in [-0.05, 0) is 17.7 Å². The van der Waals surface area contributed by atoms with Gasteiger partial charge in [0.25, 0.3) is 5.91 Å². The number of anilines is 1. The molecule has 0 fully saturated rings. The largest absolute Gasteiger partial charge is 0.454 e. The van der Waals surface area contributed by atoms with E-state index in [1.165, 1.54) is 12.4 Å². The van der Waals surface area contributed by atoms with Gasteiger partial charge in [0.2, 0.25) is 6.79 Å². The molecule has 108 valence electrons. The van der Waals surface area contributed by atoms with E-state index in [0.29, 0.717) is 23.9 Å². The molecule has 1 aliphatic rings. The van der Waals surface area contributed by atoms with Crippen LogP contribution in [0.25, 0.3) is 0 Å². The number of nitrogens with one attached hydrogen (secondary N) is 2. The molecule has 3 rings (SSSR count). The van der Waals surface area contributed by atoms with Crippen molar-refractivity contribution in [2.45, 2.75) is 6.54 Å². The van der Waals surface area contributed by atoms with Gasteiger partial charge in [-0.15, -0.1) is 0 Å². The van der Waals surface area contributed by atoms with E-state index in [4.69, 9.17) is 15.3 Å². The maximum absolute atomic E-state index is 11.9. The smallest absolute Gasteiger partial charge is 0.271 e. The van der Waals surface area contributed by atoms with Crippen molar-refractivity contribution in [3.05, 3.63) is 41.9 Å². The number of hydrogen-bond donors (Lipinski definition) is 3. The molecule has 8 nitrogen and oxygen atoms in total. The fraction of sp³-hybridized carbons (Fsp3) is 0.154. The monoisotopic (exact) mass is 287 g/mol. The van der Waals surface area contributed by atoms with Crippen LogP contribution in [-0.4, -0.2) is 22.7 Å². The number of carbonyl (C=O) groups excluding carboxylic acids is 1. The number of nitrogens with zero attached hydrogens (tertiary/aromatic N) is 2. The lowest BCUT2D eigenvalue weighted by Gasteiger charge is -2.06. The molecule has 1 amide bonds. The molecular weight excluding hydrogens is 274 g/mol. The molecule has 2 aromatic rings. The number of rotatable bonds is 4. The molecule has 8 heteroatoms. The molecule has 0 radical (unpaired) electrons. The molecule has 21 heavy (non-hydrogen) atoms. The summed E-state index contributed by atoms with van der Waals surface area (Å²) in [7, 11) is 0. The van der Waals surface area contributed by atoms with Crippen LogP contribution < -0.4 is 26.1 Å². The Labute approximate surface area is 120 Å². The Hall–Kier alpha value is -2.87. The summed E-state index contributed by atoms with van der Waals surface area (Å²) in [5.74, 6) is 6.64. The zero-order valence-electron chi connectivity index (χ0n) is 11.0. The molecule has 2 heterocycles. The first-order valence-electron chi connectivity index (χ1n) is 6.21. The van der Waals surface area contributed by atoms with E-state index in [1.807, 2.05) is 18.2 Å². The maximum atomic E-state index is 11.9. The number of nitrogen functional groups attached to an aromatic ring is 1. The Bertz CT molecular complexity index is 659. The van der Waals surface area contributed by atoms with Crippen LogP contribution in [0.15, 0.2) is 30.6 Å². The summed E-state index contributed by atoms with van der Waals surface area (Å²) in [4.78, 5) is 19.8. The third-order valence-electron chi connectivity index (χ3n) is 2.92. The Morgan fingerprint density at radius 3 is 2.86 bits per heavy atom. The van der Waals surface area contributed by atoms with Gasteiger partial charge in [0.1, 0.15) is 5.69 Å². The number of amides is 1. The van der Waals surface area contributed by atoms with E-state index in [1.54, 1.807) is 0 Å². The first-order chi connectivity index (χ1) is 10.3. The fourth-order valence-corrected chi connectivity index (χ4v) is 1.84. The summed E-state index contributed by atoms with van der Waals surface area (Å²) in [5.41, 5.74) is 3.46. The Morgan fingerprint density at radius 2 is 2.10 bits per heavy atom. The van der Waals surface area contributed by atoms with Crippen molar-refractivity contribution in [3.63, 3.8) is 0 Å². The third-order valence-corrected chi connectivity index (χ3v) is 2.92. The van der Waals surface area contributed by atoms with Crippen LogP contribution in [0.1, 0.15) is 16.1 Å². The second kappa shape index (κ2) is 5.63. The topological polar surface area (TPSA) is 111 Å². The number of benzene rings is 1. The molecule has 1 aromatic carbocycles. The van der Waals surface area contributed by atoms with Gasteiger partial charge in [-0.25, -0.2) is 15.8 Å². The highest BCUT2D eigenvalue weighted by atomic mass is 16.7. The number of carbonyl (C=O) groups is 1. The van der Waals surface area contributed by atoms with Gasteiger partial charge in [-0.2, -0.15) is 0 Å². The normalized spacial score (nSPS) is 12.0. The summed E-state index contributed by atoms with van der Waals surface area (Å²) < 4.78 is 10.5. The highest BCUT2D eigenvalue weighted by molar-refractivity contribution is 5.91. The van der Waals surface area contributed by atoms with Crippen molar-refractivity contribution in [1.29, 1.82) is 0 Å². The highest BCUT2D eigenvalue weighted by Gasteiger charge is 2.14. The fourth-order valence-electron chi connectivity index (χ4n) is 1.84. The van der Waals surface area contributed by atoms with Crippen LogP contribution >= 0.6 is 0 Å². The molecule has 0 saturated carbocycles. The minimum atomic E-state index is -0.316. The van der Waals surface area contributed by atoms with Crippen LogP contribution in [0.2, 0.25) is 0 Å². The Balaban J connectivity index is 1.62. The van der Waals surface area contributed by atoms with Crippen LogP contribution in [-0.2, 0) is 6.54 Å².